The minimum atomic E-state index is -1.04. The van der Waals surface area contributed by atoms with E-state index in [1.165, 1.54) is 11.3 Å². The van der Waals surface area contributed by atoms with Crippen molar-refractivity contribution in [3.63, 3.8) is 0 Å². The van der Waals surface area contributed by atoms with E-state index < -0.39 is 12.1 Å². The zero-order chi connectivity index (χ0) is 18.9. The number of halogens is 1. The molecule has 0 saturated heterocycles. The number of rotatable bonds is 9. The average molecular weight is 396 g/mol. The van der Waals surface area contributed by atoms with Crippen LogP contribution < -0.4 is 5.32 Å². The maximum Gasteiger partial charge on any atom is 0.306 e. The van der Waals surface area contributed by atoms with Gasteiger partial charge in [0.15, 0.2) is 6.10 Å². The second-order valence-electron chi connectivity index (χ2n) is 5.39. The van der Waals surface area contributed by atoms with E-state index in [9.17, 15) is 14.4 Å². The van der Waals surface area contributed by atoms with Gasteiger partial charge in [-0.3, -0.25) is 14.4 Å². The third-order valence-corrected chi connectivity index (χ3v) is 4.36. The van der Waals surface area contributed by atoms with Crippen molar-refractivity contribution in [1.82, 2.24) is 10.2 Å². The van der Waals surface area contributed by atoms with Crippen LogP contribution in [0, 0.1) is 6.92 Å². The monoisotopic (exact) mass is 395 g/mol. The van der Waals surface area contributed by atoms with E-state index in [-0.39, 0.29) is 36.8 Å². The second-order valence-corrected chi connectivity index (χ2v) is 6.88. The number of ether oxygens (including phenoxy) is 1. The standard InChI is InChI=1S/C17H18ClN3O4S/c1-11-20-21-17(26-11)19-14(22)8-5-9-15(23)25-13(10-18)16(24)12-6-3-2-4-7-12/h2-4,6-7,13H,5,8-10H2,1H3,(H,19,21,22)/t13-/m1/s1. The topological polar surface area (TPSA) is 98.2 Å². The number of alkyl halides is 1. The molecule has 0 radical (unpaired) electrons. The molecule has 1 atom stereocenters. The number of aryl methyl sites for hydroxylation is 1. The van der Waals surface area contributed by atoms with Gasteiger partial charge in [0.1, 0.15) is 5.01 Å². The molecule has 0 spiro atoms. The molecule has 1 aromatic heterocycles. The average Bonchev–Trinajstić information content (AvgIpc) is 3.04. The largest absolute Gasteiger partial charge is 0.453 e. The first-order valence-corrected chi connectivity index (χ1v) is 9.29. The van der Waals surface area contributed by atoms with Crippen LogP contribution in [0.15, 0.2) is 30.3 Å². The molecule has 0 unspecified atom stereocenters. The lowest BCUT2D eigenvalue weighted by atomic mass is 10.1. The molecular formula is C17H18ClN3O4S. The molecule has 2 rings (SSSR count). The van der Waals surface area contributed by atoms with Crippen LogP contribution in [0.1, 0.15) is 34.6 Å². The number of carbonyl (C=O) groups is 3. The molecule has 26 heavy (non-hydrogen) atoms. The highest BCUT2D eigenvalue weighted by atomic mass is 35.5. The molecule has 0 saturated carbocycles. The van der Waals surface area contributed by atoms with Gasteiger partial charge in [-0.25, -0.2) is 0 Å². The quantitative estimate of drug-likeness (QED) is 0.398. The molecule has 0 aliphatic heterocycles. The summed E-state index contributed by atoms with van der Waals surface area (Å²) >= 11 is 7.03. The Labute approximate surface area is 159 Å². The van der Waals surface area contributed by atoms with Crippen LogP contribution in [-0.2, 0) is 14.3 Å². The maximum atomic E-state index is 12.3. The molecule has 1 amide bonds. The van der Waals surface area contributed by atoms with Crippen molar-refractivity contribution in [3.05, 3.63) is 40.9 Å². The van der Waals surface area contributed by atoms with E-state index in [0.29, 0.717) is 10.7 Å². The number of benzene rings is 1. The van der Waals surface area contributed by atoms with Crippen molar-refractivity contribution in [2.75, 3.05) is 11.2 Å². The summed E-state index contributed by atoms with van der Waals surface area (Å²) in [6.07, 6.45) is -0.606. The molecule has 7 nitrogen and oxygen atoms in total. The number of nitrogens with one attached hydrogen (secondary N) is 1. The van der Waals surface area contributed by atoms with Crippen LogP contribution in [-0.4, -0.2) is 39.8 Å². The van der Waals surface area contributed by atoms with Crippen molar-refractivity contribution in [2.24, 2.45) is 0 Å². The molecule has 0 aliphatic carbocycles. The van der Waals surface area contributed by atoms with E-state index in [4.69, 9.17) is 16.3 Å². The lowest BCUT2D eigenvalue weighted by Gasteiger charge is -2.14. The molecule has 0 bridgehead atoms. The molecule has 1 N–H and O–H groups in total. The number of nitrogens with zero attached hydrogens (tertiary/aromatic N) is 2. The highest BCUT2D eigenvalue weighted by molar-refractivity contribution is 7.15. The number of hydrogen-bond acceptors (Lipinski definition) is 7. The third-order valence-electron chi connectivity index (χ3n) is 3.32. The van der Waals surface area contributed by atoms with Crippen LogP contribution >= 0.6 is 22.9 Å². The van der Waals surface area contributed by atoms with Gasteiger partial charge in [0, 0.05) is 18.4 Å². The van der Waals surface area contributed by atoms with Crippen molar-refractivity contribution in [2.45, 2.75) is 32.3 Å². The van der Waals surface area contributed by atoms with E-state index >= 15 is 0 Å². The number of Topliss-reactive ketones (excluding diaryl/α,β-unsaturated/α-hetero) is 1. The maximum absolute atomic E-state index is 12.3. The van der Waals surface area contributed by atoms with Crippen LogP contribution in [0.5, 0.6) is 0 Å². The first-order valence-electron chi connectivity index (χ1n) is 7.94. The van der Waals surface area contributed by atoms with Gasteiger partial charge in [-0.15, -0.1) is 21.8 Å². The number of aromatic nitrogens is 2. The van der Waals surface area contributed by atoms with Crippen LogP contribution in [0.4, 0.5) is 5.13 Å². The van der Waals surface area contributed by atoms with E-state index in [0.717, 1.165) is 5.01 Å². The van der Waals surface area contributed by atoms with Crippen LogP contribution in [0.25, 0.3) is 0 Å². The fourth-order valence-electron chi connectivity index (χ4n) is 2.08. The van der Waals surface area contributed by atoms with Gasteiger partial charge in [-0.2, -0.15) is 0 Å². The van der Waals surface area contributed by atoms with Gasteiger partial charge in [0.05, 0.1) is 5.88 Å². The first-order chi connectivity index (χ1) is 12.5. The Balaban J connectivity index is 1.74. The fraction of sp³-hybridized carbons (Fsp3) is 0.353. The summed E-state index contributed by atoms with van der Waals surface area (Å²) in [6, 6.07) is 8.49. The molecule has 9 heteroatoms. The number of ketones is 1. The van der Waals surface area contributed by atoms with Gasteiger partial charge in [-0.05, 0) is 13.3 Å². The summed E-state index contributed by atoms with van der Waals surface area (Å²) in [5.74, 6) is -1.31. The Kier molecular flexibility index (Phi) is 7.68. The summed E-state index contributed by atoms with van der Waals surface area (Å²) in [7, 11) is 0. The van der Waals surface area contributed by atoms with Gasteiger partial charge >= 0.3 is 5.97 Å². The predicted octanol–water partition coefficient (Wildman–Crippen LogP) is 2.99. The van der Waals surface area contributed by atoms with Crippen LogP contribution in [0.3, 0.4) is 0 Å². The molecular weight excluding hydrogens is 378 g/mol. The summed E-state index contributed by atoms with van der Waals surface area (Å²) in [4.78, 5) is 35.9. The number of esters is 1. The Morgan fingerprint density at radius 1 is 1.19 bits per heavy atom. The predicted molar refractivity (Wildman–Crippen MR) is 98.5 cm³/mol. The number of amides is 1. The van der Waals surface area contributed by atoms with Crippen LogP contribution in [0.2, 0.25) is 0 Å². The number of hydrogen-bond donors (Lipinski definition) is 1. The molecule has 2 aromatic rings. The first kappa shape index (κ1) is 20.0. The fourth-order valence-corrected chi connectivity index (χ4v) is 2.89. The van der Waals surface area contributed by atoms with E-state index in [2.05, 4.69) is 15.5 Å². The normalized spacial score (nSPS) is 11.6. The Hall–Kier alpha value is -2.32. The van der Waals surface area contributed by atoms with Crippen molar-refractivity contribution in [1.29, 1.82) is 0 Å². The van der Waals surface area contributed by atoms with Gasteiger partial charge in [0.25, 0.3) is 0 Å². The molecule has 1 heterocycles. The lowest BCUT2D eigenvalue weighted by Crippen LogP contribution is -2.29. The minimum absolute atomic E-state index is 0.0119. The third kappa shape index (κ3) is 6.20. The van der Waals surface area contributed by atoms with Crippen molar-refractivity contribution < 1.29 is 19.1 Å². The van der Waals surface area contributed by atoms with Crippen molar-refractivity contribution in [3.8, 4) is 0 Å². The Morgan fingerprint density at radius 3 is 2.54 bits per heavy atom. The summed E-state index contributed by atoms with van der Waals surface area (Å²) < 4.78 is 5.15. The smallest absolute Gasteiger partial charge is 0.306 e. The highest BCUT2D eigenvalue weighted by Gasteiger charge is 2.23. The second kappa shape index (κ2) is 9.98. The lowest BCUT2D eigenvalue weighted by molar-refractivity contribution is -0.146. The van der Waals surface area contributed by atoms with E-state index in [1.54, 1.807) is 37.3 Å². The molecule has 138 valence electrons. The number of carbonyl (C=O) groups excluding carboxylic acids is 3. The molecule has 0 aliphatic rings. The van der Waals surface area contributed by atoms with Gasteiger partial charge in [-0.1, -0.05) is 41.7 Å². The molecule has 1 aromatic carbocycles. The summed E-state index contributed by atoms with van der Waals surface area (Å²) in [6.45, 7) is 1.79. The van der Waals surface area contributed by atoms with Gasteiger partial charge < -0.3 is 10.1 Å². The Bertz CT molecular complexity index is 766. The molecule has 0 fully saturated rings. The Morgan fingerprint density at radius 2 is 1.92 bits per heavy atom. The van der Waals surface area contributed by atoms with Gasteiger partial charge in [0.2, 0.25) is 16.8 Å². The minimum Gasteiger partial charge on any atom is -0.453 e. The van der Waals surface area contributed by atoms with Crippen molar-refractivity contribution >= 4 is 45.7 Å². The zero-order valence-corrected chi connectivity index (χ0v) is 15.7. The number of anilines is 1. The SMILES string of the molecule is Cc1nnc(NC(=O)CCCC(=O)O[C@H](CCl)C(=O)c2ccccc2)s1. The zero-order valence-electron chi connectivity index (χ0n) is 14.1. The van der Waals surface area contributed by atoms with E-state index in [1.807, 2.05) is 0 Å². The summed E-state index contributed by atoms with van der Waals surface area (Å²) in [5.41, 5.74) is 0.428. The summed E-state index contributed by atoms with van der Waals surface area (Å²) in [5, 5.41) is 11.4. The highest BCUT2D eigenvalue weighted by Crippen LogP contribution is 2.14.